The van der Waals surface area contributed by atoms with Crippen molar-refractivity contribution in [2.75, 3.05) is 26.7 Å². The van der Waals surface area contributed by atoms with Gasteiger partial charge in [0.2, 0.25) is 0 Å². The van der Waals surface area contributed by atoms with E-state index in [1.165, 1.54) is 48.2 Å². The van der Waals surface area contributed by atoms with E-state index in [1.54, 1.807) is 0 Å². The molecule has 0 saturated carbocycles. The second kappa shape index (κ2) is 6.33. The second-order valence-corrected chi connectivity index (χ2v) is 5.70. The van der Waals surface area contributed by atoms with Gasteiger partial charge in [0.15, 0.2) is 0 Å². The van der Waals surface area contributed by atoms with Crippen molar-refractivity contribution in [2.45, 2.75) is 40.0 Å². The first-order chi connectivity index (χ1) is 9.15. The minimum Gasteiger partial charge on any atom is -0.299 e. The van der Waals surface area contributed by atoms with Gasteiger partial charge in [0.05, 0.1) is 5.71 Å². The average molecular weight is 258 g/mol. The summed E-state index contributed by atoms with van der Waals surface area (Å²) in [6, 6.07) is 0. The Hall–Kier alpha value is -1.15. The van der Waals surface area contributed by atoms with Crippen molar-refractivity contribution in [3.8, 4) is 0 Å². The molecule has 0 aromatic heterocycles. The summed E-state index contributed by atoms with van der Waals surface area (Å²) in [7, 11) is 1.90. The van der Waals surface area contributed by atoms with E-state index < -0.39 is 0 Å². The molecule has 0 amide bonds. The predicted octanol–water partition coefficient (Wildman–Crippen LogP) is 3.77. The molecular weight excluding hydrogens is 232 g/mol. The number of rotatable bonds is 3. The Bertz CT molecular complexity index is 454. The van der Waals surface area contributed by atoms with Gasteiger partial charge in [0, 0.05) is 13.6 Å². The number of hydrogen-bond donors (Lipinski definition) is 0. The molecule has 2 nitrogen and oxygen atoms in total. The first-order valence-electron chi connectivity index (χ1n) is 7.44. The smallest absolute Gasteiger partial charge is 0.0645 e. The Kier molecular flexibility index (Phi) is 4.76. The molecule has 1 fully saturated rings. The van der Waals surface area contributed by atoms with E-state index in [-0.39, 0.29) is 0 Å². The first kappa shape index (κ1) is 14.3. The summed E-state index contributed by atoms with van der Waals surface area (Å²) in [4.78, 5) is 7.03. The van der Waals surface area contributed by atoms with Crippen LogP contribution in [0.4, 0.5) is 0 Å². The van der Waals surface area contributed by atoms with Gasteiger partial charge in [-0.1, -0.05) is 12.5 Å². The van der Waals surface area contributed by atoms with Gasteiger partial charge in [-0.3, -0.25) is 9.89 Å². The highest BCUT2D eigenvalue weighted by Crippen LogP contribution is 2.27. The molecule has 1 aliphatic carbocycles. The third-order valence-electron chi connectivity index (χ3n) is 4.07. The third-order valence-corrected chi connectivity index (χ3v) is 4.07. The minimum atomic E-state index is 1.09. The van der Waals surface area contributed by atoms with Crippen LogP contribution >= 0.6 is 0 Å². The maximum Gasteiger partial charge on any atom is 0.0645 e. The molecule has 0 N–H and O–H groups in total. The van der Waals surface area contributed by atoms with E-state index in [1.807, 2.05) is 7.05 Å². The fourth-order valence-corrected chi connectivity index (χ4v) is 2.92. The van der Waals surface area contributed by atoms with Gasteiger partial charge >= 0.3 is 0 Å². The molecule has 0 spiro atoms. The van der Waals surface area contributed by atoms with Crippen molar-refractivity contribution < 1.29 is 0 Å². The Labute approximate surface area is 117 Å². The predicted molar refractivity (Wildman–Crippen MR) is 83.9 cm³/mol. The number of allylic oxidation sites excluding steroid dienone is 4. The van der Waals surface area contributed by atoms with Gasteiger partial charge in [-0.25, -0.2) is 0 Å². The third kappa shape index (κ3) is 3.24. The summed E-state index contributed by atoms with van der Waals surface area (Å²) < 4.78 is 0. The average Bonchev–Trinajstić information content (AvgIpc) is 2.90. The lowest BCUT2D eigenvalue weighted by molar-refractivity contribution is 0.369. The molecule has 0 unspecified atom stereocenters. The van der Waals surface area contributed by atoms with Crippen molar-refractivity contribution in [2.24, 2.45) is 4.99 Å². The number of aliphatic imine (C=N–C) groups is 1. The lowest BCUT2D eigenvalue weighted by Crippen LogP contribution is -2.24. The van der Waals surface area contributed by atoms with E-state index in [0.29, 0.717) is 0 Å². The summed E-state index contributed by atoms with van der Waals surface area (Å²) in [5.41, 5.74) is 6.75. The zero-order valence-electron chi connectivity index (χ0n) is 12.8. The summed E-state index contributed by atoms with van der Waals surface area (Å²) in [5.74, 6) is 0. The number of hydrogen-bond acceptors (Lipinski definition) is 2. The molecule has 0 bridgehead atoms. The second-order valence-electron chi connectivity index (χ2n) is 5.70. The van der Waals surface area contributed by atoms with E-state index in [2.05, 4.69) is 42.8 Å². The molecule has 0 atom stereocenters. The fourth-order valence-electron chi connectivity index (χ4n) is 2.92. The first-order valence-corrected chi connectivity index (χ1v) is 7.44. The molecule has 2 rings (SSSR count). The van der Waals surface area contributed by atoms with Gasteiger partial charge in [0.1, 0.15) is 0 Å². The normalized spacial score (nSPS) is 22.7. The van der Waals surface area contributed by atoms with Gasteiger partial charge in [0.25, 0.3) is 0 Å². The highest BCUT2D eigenvalue weighted by atomic mass is 15.1. The van der Waals surface area contributed by atoms with Crippen molar-refractivity contribution in [3.05, 3.63) is 34.4 Å². The van der Waals surface area contributed by atoms with Crippen LogP contribution in [-0.4, -0.2) is 37.3 Å². The van der Waals surface area contributed by atoms with Crippen LogP contribution in [-0.2, 0) is 0 Å². The van der Waals surface area contributed by atoms with E-state index in [0.717, 1.165) is 18.7 Å². The summed E-state index contributed by atoms with van der Waals surface area (Å²) in [5, 5.41) is 0. The Morgan fingerprint density at radius 3 is 2.37 bits per heavy atom. The van der Waals surface area contributed by atoms with Crippen LogP contribution in [0, 0.1) is 0 Å². The Morgan fingerprint density at radius 1 is 1.16 bits per heavy atom. The highest BCUT2D eigenvalue weighted by Gasteiger charge is 2.19. The zero-order chi connectivity index (χ0) is 13.8. The zero-order valence-corrected chi connectivity index (χ0v) is 12.8. The van der Waals surface area contributed by atoms with Crippen LogP contribution in [0.25, 0.3) is 0 Å². The standard InChI is InChI=1S/C17H26N2/c1-5-14-10-16(13(2)3)17(18-4)11-15(14)12-19-8-6-7-9-19/h10-11H,5-9,12H2,1-4H3/b18-17-. The highest BCUT2D eigenvalue weighted by molar-refractivity contribution is 6.13. The van der Waals surface area contributed by atoms with Crippen LogP contribution < -0.4 is 0 Å². The van der Waals surface area contributed by atoms with E-state index in [4.69, 9.17) is 0 Å². The van der Waals surface area contributed by atoms with Crippen LogP contribution in [0.5, 0.6) is 0 Å². The fraction of sp³-hybridized carbons (Fsp3) is 0.588. The van der Waals surface area contributed by atoms with Crippen molar-refractivity contribution in [3.63, 3.8) is 0 Å². The molecule has 1 aliphatic heterocycles. The minimum absolute atomic E-state index is 1.09. The number of nitrogens with zero attached hydrogens (tertiary/aromatic N) is 2. The van der Waals surface area contributed by atoms with Gasteiger partial charge < -0.3 is 0 Å². The van der Waals surface area contributed by atoms with Gasteiger partial charge in [-0.15, -0.1) is 0 Å². The van der Waals surface area contributed by atoms with Gasteiger partial charge in [-0.2, -0.15) is 0 Å². The molecular formula is C17H26N2. The molecule has 2 aliphatic rings. The molecule has 1 saturated heterocycles. The van der Waals surface area contributed by atoms with Crippen LogP contribution in [0.2, 0.25) is 0 Å². The topological polar surface area (TPSA) is 15.6 Å². The van der Waals surface area contributed by atoms with Gasteiger partial charge in [-0.05, 0) is 75.1 Å². The molecule has 0 radical (unpaired) electrons. The maximum absolute atomic E-state index is 4.46. The summed E-state index contributed by atoms with van der Waals surface area (Å²) in [6.45, 7) is 10.2. The molecule has 0 aromatic carbocycles. The monoisotopic (exact) mass is 258 g/mol. The SMILES string of the molecule is CCC1=CC(=C(C)C)/C(=N\C)C=C1CN1CCCC1. The van der Waals surface area contributed by atoms with Crippen molar-refractivity contribution >= 4 is 5.71 Å². The Morgan fingerprint density at radius 2 is 1.84 bits per heavy atom. The molecule has 2 heteroatoms. The Balaban J connectivity index is 2.27. The molecule has 19 heavy (non-hydrogen) atoms. The molecule has 1 heterocycles. The van der Waals surface area contributed by atoms with E-state index >= 15 is 0 Å². The van der Waals surface area contributed by atoms with Crippen LogP contribution in [0.1, 0.15) is 40.0 Å². The lowest BCUT2D eigenvalue weighted by atomic mass is 9.89. The lowest BCUT2D eigenvalue weighted by Gasteiger charge is -2.23. The van der Waals surface area contributed by atoms with E-state index in [9.17, 15) is 0 Å². The quantitative estimate of drug-likeness (QED) is 0.752. The summed E-state index contributed by atoms with van der Waals surface area (Å²) >= 11 is 0. The van der Waals surface area contributed by atoms with Crippen LogP contribution in [0.15, 0.2) is 39.4 Å². The van der Waals surface area contributed by atoms with Crippen LogP contribution in [0.3, 0.4) is 0 Å². The van der Waals surface area contributed by atoms with Crippen molar-refractivity contribution in [1.29, 1.82) is 0 Å². The largest absolute Gasteiger partial charge is 0.299 e. The molecule has 104 valence electrons. The van der Waals surface area contributed by atoms with Crippen molar-refractivity contribution in [1.82, 2.24) is 4.90 Å². The maximum atomic E-state index is 4.46. The number of likely N-dealkylation sites (tertiary alicyclic amines) is 1. The summed E-state index contributed by atoms with van der Waals surface area (Å²) in [6.07, 6.45) is 8.47. The molecule has 0 aromatic rings.